The van der Waals surface area contributed by atoms with Gasteiger partial charge in [0.05, 0.1) is 0 Å². The molecule has 1 aromatic heterocycles. The lowest BCUT2D eigenvalue weighted by Gasteiger charge is -2.33. The second kappa shape index (κ2) is 9.53. The summed E-state index contributed by atoms with van der Waals surface area (Å²) in [6, 6.07) is 17.0. The molecular formula is C25H26N6O3S. The minimum atomic E-state index is -0.664. The van der Waals surface area contributed by atoms with Crippen molar-refractivity contribution in [2.75, 3.05) is 16.8 Å². The van der Waals surface area contributed by atoms with Crippen LogP contribution in [0, 0.1) is 0 Å². The Morgan fingerprint density at radius 3 is 2.74 bits per heavy atom. The molecule has 3 aromatic rings. The number of nitrogen functional groups attached to an aromatic ring is 1. The van der Waals surface area contributed by atoms with Crippen LogP contribution in [0.1, 0.15) is 36.7 Å². The van der Waals surface area contributed by atoms with Gasteiger partial charge in [0.2, 0.25) is 17.8 Å². The minimum Gasteiger partial charge on any atom is -0.456 e. The van der Waals surface area contributed by atoms with Gasteiger partial charge in [-0.15, -0.1) is 11.8 Å². The van der Waals surface area contributed by atoms with Crippen molar-refractivity contribution < 1.29 is 14.3 Å². The number of nitrogens with one attached hydrogen (secondary N) is 1. The number of carbonyl (C=O) groups is 2. The van der Waals surface area contributed by atoms with Gasteiger partial charge in [-0.25, -0.2) is 4.79 Å². The average molecular weight is 491 g/mol. The lowest BCUT2D eigenvalue weighted by Crippen LogP contribution is -2.46. The van der Waals surface area contributed by atoms with Crippen molar-refractivity contribution in [2.24, 2.45) is 0 Å². The van der Waals surface area contributed by atoms with Gasteiger partial charge in [-0.05, 0) is 30.0 Å². The van der Waals surface area contributed by atoms with Gasteiger partial charge in [-0.1, -0.05) is 55.5 Å². The number of hydrogen-bond donors (Lipinski definition) is 2. The molecule has 3 N–H and O–H groups in total. The Morgan fingerprint density at radius 1 is 1.17 bits per heavy atom. The molecule has 3 heterocycles. The highest BCUT2D eigenvalue weighted by Gasteiger charge is 2.57. The van der Waals surface area contributed by atoms with Crippen molar-refractivity contribution in [3.05, 3.63) is 71.5 Å². The van der Waals surface area contributed by atoms with E-state index in [2.05, 4.69) is 27.2 Å². The maximum atomic E-state index is 13.1. The summed E-state index contributed by atoms with van der Waals surface area (Å²) >= 11 is 1.62. The van der Waals surface area contributed by atoms with Gasteiger partial charge >= 0.3 is 5.97 Å². The fourth-order valence-electron chi connectivity index (χ4n) is 4.68. The topological polar surface area (TPSA) is 123 Å². The fourth-order valence-corrected chi connectivity index (χ4v) is 6.31. The molecule has 0 bridgehead atoms. The number of anilines is 3. The van der Waals surface area contributed by atoms with Crippen LogP contribution in [-0.4, -0.2) is 43.5 Å². The zero-order valence-corrected chi connectivity index (χ0v) is 20.1. The molecule has 2 atom stereocenters. The second-order valence-electron chi connectivity index (χ2n) is 8.42. The summed E-state index contributed by atoms with van der Waals surface area (Å²) in [7, 11) is 0. The Morgan fingerprint density at radius 2 is 1.94 bits per heavy atom. The van der Waals surface area contributed by atoms with Crippen LogP contribution in [0.5, 0.6) is 0 Å². The SMILES string of the molecule is CCc1ccccc1Nc1nc(N)nc(COC(=O)[C@H]2CS[C@@]3(c4ccccc4)CCC(=O)N23)n1. The zero-order valence-electron chi connectivity index (χ0n) is 19.3. The quantitative estimate of drug-likeness (QED) is 0.480. The summed E-state index contributed by atoms with van der Waals surface area (Å²) in [5, 5.41) is 3.17. The van der Waals surface area contributed by atoms with E-state index >= 15 is 0 Å². The standard InChI is InChI=1S/C25H26N6O3S/c1-2-16-8-6-7-11-18(16)27-24-29-20(28-23(26)30-24)14-34-22(33)19-15-35-25(13-12-21(32)31(19)25)17-9-4-3-5-10-17/h3-11,19H,2,12-15H2,1H3,(H3,26,27,28,29,30)/t19-,25-/m1/s1. The number of rotatable bonds is 7. The van der Waals surface area contributed by atoms with Crippen molar-refractivity contribution >= 4 is 41.2 Å². The van der Waals surface area contributed by atoms with Gasteiger partial charge in [0.25, 0.3) is 0 Å². The van der Waals surface area contributed by atoms with Crippen molar-refractivity contribution in [3.63, 3.8) is 0 Å². The molecule has 1 amide bonds. The molecule has 2 aliphatic rings. The largest absolute Gasteiger partial charge is 0.456 e. The Balaban J connectivity index is 1.30. The number of fused-ring (bicyclic) bond motifs is 1. The first-order valence-electron chi connectivity index (χ1n) is 11.5. The normalized spacial score (nSPS) is 21.1. The maximum absolute atomic E-state index is 13.1. The molecule has 5 rings (SSSR count). The summed E-state index contributed by atoms with van der Waals surface area (Å²) in [6.07, 6.45) is 1.92. The Hall–Kier alpha value is -3.66. The first kappa shape index (κ1) is 23.1. The number of nitrogens with two attached hydrogens (primary N) is 1. The molecule has 2 fully saturated rings. The van der Waals surface area contributed by atoms with Gasteiger partial charge in [0.1, 0.15) is 10.9 Å². The highest BCUT2D eigenvalue weighted by Crippen LogP contribution is 2.54. The second-order valence-corrected chi connectivity index (χ2v) is 9.72. The van der Waals surface area contributed by atoms with Crippen LogP contribution in [0.15, 0.2) is 54.6 Å². The number of aryl methyl sites for hydroxylation is 1. The summed E-state index contributed by atoms with van der Waals surface area (Å²) in [4.78, 5) is 39.7. The number of hydrogen-bond acceptors (Lipinski definition) is 9. The minimum absolute atomic E-state index is 0.0248. The number of benzene rings is 2. The number of esters is 1. The average Bonchev–Trinajstić information content (AvgIpc) is 3.42. The van der Waals surface area contributed by atoms with E-state index in [0.717, 1.165) is 23.2 Å². The Labute approximate surface area is 207 Å². The van der Waals surface area contributed by atoms with Crippen molar-refractivity contribution in [1.82, 2.24) is 19.9 Å². The van der Waals surface area contributed by atoms with Crippen molar-refractivity contribution in [3.8, 4) is 0 Å². The smallest absolute Gasteiger partial charge is 0.330 e. The summed E-state index contributed by atoms with van der Waals surface area (Å²) < 4.78 is 5.57. The molecule has 180 valence electrons. The number of nitrogens with zero attached hydrogens (tertiary/aromatic N) is 4. The van der Waals surface area contributed by atoms with E-state index in [1.54, 1.807) is 16.7 Å². The van der Waals surface area contributed by atoms with Crippen molar-refractivity contribution in [2.45, 2.75) is 43.7 Å². The van der Waals surface area contributed by atoms with Crippen LogP contribution in [0.4, 0.5) is 17.6 Å². The number of amides is 1. The lowest BCUT2D eigenvalue weighted by molar-refractivity contribution is -0.155. The van der Waals surface area contributed by atoms with Crippen molar-refractivity contribution in [1.29, 1.82) is 0 Å². The first-order valence-corrected chi connectivity index (χ1v) is 12.5. The van der Waals surface area contributed by atoms with Gasteiger partial charge in [0.15, 0.2) is 12.4 Å². The van der Waals surface area contributed by atoms with E-state index in [4.69, 9.17) is 10.5 Å². The molecule has 35 heavy (non-hydrogen) atoms. The molecule has 0 aliphatic carbocycles. The van der Waals surface area contributed by atoms with E-state index in [1.807, 2.05) is 54.6 Å². The molecule has 2 saturated heterocycles. The molecule has 0 spiro atoms. The molecule has 0 saturated carbocycles. The van der Waals surface area contributed by atoms with E-state index < -0.39 is 16.9 Å². The summed E-state index contributed by atoms with van der Waals surface area (Å²) in [5.74, 6) is 0.492. The van der Waals surface area contributed by atoms with E-state index in [1.165, 1.54) is 0 Å². The third-order valence-corrected chi connectivity index (χ3v) is 7.91. The predicted octanol–water partition coefficient (Wildman–Crippen LogP) is 3.39. The summed E-state index contributed by atoms with van der Waals surface area (Å²) in [5.41, 5.74) is 8.89. The van der Waals surface area contributed by atoms with Gasteiger partial charge in [-0.2, -0.15) is 15.0 Å². The number of aromatic nitrogens is 3. The monoisotopic (exact) mass is 490 g/mol. The van der Waals surface area contributed by atoms with Crippen LogP contribution in [-0.2, 0) is 32.2 Å². The van der Waals surface area contributed by atoms with E-state index in [-0.39, 0.29) is 30.2 Å². The highest BCUT2D eigenvalue weighted by molar-refractivity contribution is 8.00. The van der Waals surface area contributed by atoms with Gasteiger partial charge < -0.3 is 20.7 Å². The lowest BCUT2D eigenvalue weighted by atomic mass is 10.0. The van der Waals surface area contributed by atoms with Crippen LogP contribution in [0.3, 0.4) is 0 Å². The predicted molar refractivity (Wildman–Crippen MR) is 134 cm³/mol. The van der Waals surface area contributed by atoms with Gasteiger partial charge in [-0.3, -0.25) is 4.79 Å². The first-order chi connectivity index (χ1) is 17.0. The maximum Gasteiger partial charge on any atom is 0.330 e. The molecular weight excluding hydrogens is 464 g/mol. The molecule has 0 unspecified atom stereocenters. The summed E-state index contributed by atoms with van der Waals surface area (Å²) in [6.45, 7) is 1.89. The molecule has 2 aliphatic heterocycles. The number of para-hydroxylation sites is 1. The van der Waals surface area contributed by atoms with E-state index in [9.17, 15) is 9.59 Å². The van der Waals surface area contributed by atoms with Crippen LogP contribution in [0.25, 0.3) is 0 Å². The third-order valence-electron chi connectivity index (χ3n) is 6.31. The highest BCUT2D eigenvalue weighted by atomic mass is 32.2. The Bertz CT molecular complexity index is 1260. The van der Waals surface area contributed by atoms with Gasteiger partial charge in [0, 0.05) is 17.9 Å². The third kappa shape index (κ3) is 4.41. The van der Waals surface area contributed by atoms with E-state index in [0.29, 0.717) is 18.6 Å². The molecule has 10 heteroatoms. The van der Waals surface area contributed by atoms with Crippen LogP contribution in [0.2, 0.25) is 0 Å². The molecule has 2 aromatic carbocycles. The fraction of sp³-hybridized carbons (Fsp3) is 0.320. The zero-order chi connectivity index (χ0) is 24.4. The van der Waals surface area contributed by atoms with Crippen LogP contribution < -0.4 is 11.1 Å². The Kier molecular flexibility index (Phi) is 6.29. The molecule has 9 nitrogen and oxygen atoms in total. The molecule has 0 radical (unpaired) electrons. The number of thioether (sulfide) groups is 1. The van der Waals surface area contributed by atoms with Crippen LogP contribution >= 0.6 is 11.8 Å². The number of ether oxygens (including phenoxy) is 1. The number of carbonyl (C=O) groups excluding carboxylic acids is 2.